The highest BCUT2D eigenvalue weighted by atomic mass is 16.4. The molecule has 2 heterocycles. The van der Waals surface area contributed by atoms with E-state index in [0.717, 1.165) is 55.7 Å². The Morgan fingerprint density at radius 1 is 1.06 bits per heavy atom. The fourth-order valence-corrected chi connectivity index (χ4v) is 3.91. The number of nitrogens with one attached hydrogen (secondary N) is 1. The van der Waals surface area contributed by atoms with Crippen LogP contribution < -0.4 is 5.32 Å². The molecule has 31 heavy (non-hydrogen) atoms. The number of rotatable bonds is 13. The number of benzene rings is 1. The summed E-state index contributed by atoms with van der Waals surface area (Å²) in [6.45, 7) is 2.95. The molecule has 2 atom stereocenters. The van der Waals surface area contributed by atoms with E-state index in [0.29, 0.717) is 5.89 Å². The summed E-state index contributed by atoms with van der Waals surface area (Å²) in [5, 5.41) is 12.8. The van der Waals surface area contributed by atoms with Crippen LogP contribution in [0.5, 0.6) is 0 Å². The van der Waals surface area contributed by atoms with E-state index in [4.69, 9.17) is 9.40 Å². The van der Waals surface area contributed by atoms with Crippen LogP contribution in [0.3, 0.4) is 0 Å². The molecule has 0 amide bonds. The maximum atomic E-state index is 11.5. The lowest BCUT2D eigenvalue weighted by Crippen LogP contribution is -2.15. The van der Waals surface area contributed by atoms with Gasteiger partial charge < -0.3 is 14.8 Å². The van der Waals surface area contributed by atoms with Gasteiger partial charge in [0.1, 0.15) is 12.1 Å². The van der Waals surface area contributed by atoms with Crippen LogP contribution in [0.15, 0.2) is 65.4 Å². The van der Waals surface area contributed by atoms with Crippen molar-refractivity contribution < 1.29 is 14.3 Å². The number of pyridine rings is 1. The molecule has 6 nitrogen and oxygen atoms in total. The molecule has 0 aliphatic heterocycles. The molecule has 0 fully saturated rings. The molecule has 0 bridgehead atoms. The molecule has 3 aromatic rings. The van der Waals surface area contributed by atoms with E-state index >= 15 is 0 Å². The largest absolute Gasteiger partial charge is 0.481 e. The van der Waals surface area contributed by atoms with Crippen molar-refractivity contribution in [3.63, 3.8) is 0 Å². The molecule has 2 unspecified atom stereocenters. The number of aryl methyl sites for hydroxylation is 1. The molecule has 164 valence electrons. The second-order valence-electron chi connectivity index (χ2n) is 7.76. The van der Waals surface area contributed by atoms with Crippen LogP contribution in [0.2, 0.25) is 0 Å². The molecule has 0 aliphatic rings. The van der Waals surface area contributed by atoms with Crippen molar-refractivity contribution in [2.24, 2.45) is 0 Å². The first kappa shape index (κ1) is 22.5. The molecule has 0 spiro atoms. The number of carboxylic acid groups (broad SMARTS) is 1. The summed E-state index contributed by atoms with van der Waals surface area (Å²) in [6.07, 6.45) is 8.39. The van der Waals surface area contributed by atoms with Crippen LogP contribution in [0.1, 0.15) is 68.0 Å². The zero-order valence-electron chi connectivity index (χ0n) is 18.0. The number of aliphatic carboxylic acids is 1. The van der Waals surface area contributed by atoms with Crippen molar-refractivity contribution in [1.29, 1.82) is 0 Å². The van der Waals surface area contributed by atoms with Crippen molar-refractivity contribution in [3.8, 4) is 0 Å². The summed E-state index contributed by atoms with van der Waals surface area (Å²) in [5.74, 6) is 0.522. The van der Waals surface area contributed by atoms with Gasteiger partial charge in [0, 0.05) is 24.6 Å². The zero-order valence-corrected chi connectivity index (χ0v) is 18.0. The van der Waals surface area contributed by atoms with Gasteiger partial charge in [-0.3, -0.25) is 4.79 Å². The normalized spacial score (nSPS) is 12.9. The Labute approximate surface area is 183 Å². The molecular formula is C25H31N3O3. The van der Waals surface area contributed by atoms with E-state index in [1.165, 1.54) is 0 Å². The zero-order chi connectivity index (χ0) is 21.9. The quantitative estimate of drug-likeness (QED) is 0.347. The monoisotopic (exact) mass is 421 g/mol. The summed E-state index contributed by atoms with van der Waals surface area (Å²) < 4.78 is 5.81. The van der Waals surface area contributed by atoms with Crippen molar-refractivity contribution in [3.05, 3.63) is 78.1 Å². The van der Waals surface area contributed by atoms with Gasteiger partial charge in [-0.05, 0) is 43.4 Å². The van der Waals surface area contributed by atoms with Crippen LogP contribution in [0.4, 0.5) is 5.82 Å². The molecule has 0 radical (unpaired) electrons. The van der Waals surface area contributed by atoms with E-state index in [1.54, 1.807) is 12.5 Å². The Balaban J connectivity index is 1.52. The highest BCUT2D eigenvalue weighted by molar-refractivity contribution is 5.68. The van der Waals surface area contributed by atoms with E-state index in [9.17, 15) is 9.90 Å². The van der Waals surface area contributed by atoms with E-state index in [2.05, 4.69) is 17.2 Å². The number of carboxylic acids is 1. The third kappa shape index (κ3) is 6.95. The van der Waals surface area contributed by atoms with Crippen molar-refractivity contribution in [2.45, 2.75) is 57.3 Å². The van der Waals surface area contributed by atoms with Crippen LogP contribution in [0, 0.1) is 0 Å². The minimum atomic E-state index is -0.807. The highest BCUT2D eigenvalue weighted by Gasteiger charge is 2.29. The van der Waals surface area contributed by atoms with E-state index in [1.807, 2.05) is 48.5 Å². The van der Waals surface area contributed by atoms with E-state index in [-0.39, 0.29) is 18.3 Å². The Bertz CT molecular complexity index is 912. The fraction of sp³-hybridized carbons (Fsp3) is 0.400. The smallest absolute Gasteiger partial charge is 0.303 e. The second-order valence-corrected chi connectivity index (χ2v) is 7.76. The van der Waals surface area contributed by atoms with Gasteiger partial charge in [-0.25, -0.2) is 9.97 Å². The molecule has 2 N–H and O–H groups in total. The standard InChI is InChI=1S/C25H31N3O3/c1-2-21(22(17-24(29)30)19-11-5-3-6-12-19)25-28-20(18-31-25)13-7-4-9-15-26-23-14-8-10-16-27-23/h3,5-6,8,10-12,14,16,18,21-22H,2,4,7,9,13,15,17H2,1H3,(H,26,27)(H,29,30). The predicted octanol–water partition coefficient (Wildman–Crippen LogP) is 5.65. The number of oxazole rings is 1. The van der Waals surface area contributed by atoms with Gasteiger partial charge in [0.05, 0.1) is 12.1 Å². The lowest BCUT2D eigenvalue weighted by molar-refractivity contribution is -0.137. The van der Waals surface area contributed by atoms with Crippen LogP contribution in [-0.2, 0) is 11.2 Å². The van der Waals surface area contributed by atoms with Crippen molar-refractivity contribution in [1.82, 2.24) is 9.97 Å². The van der Waals surface area contributed by atoms with Gasteiger partial charge in [-0.1, -0.05) is 49.7 Å². The van der Waals surface area contributed by atoms with Crippen molar-refractivity contribution >= 4 is 11.8 Å². The highest BCUT2D eigenvalue weighted by Crippen LogP contribution is 2.37. The Morgan fingerprint density at radius 2 is 1.87 bits per heavy atom. The van der Waals surface area contributed by atoms with Gasteiger partial charge in [-0.15, -0.1) is 0 Å². The minimum absolute atomic E-state index is 0.0590. The lowest BCUT2D eigenvalue weighted by Gasteiger charge is -2.23. The molecule has 0 aliphatic carbocycles. The minimum Gasteiger partial charge on any atom is -0.481 e. The summed E-state index contributed by atoms with van der Waals surface area (Å²) >= 11 is 0. The number of hydrogen-bond acceptors (Lipinski definition) is 5. The average molecular weight is 422 g/mol. The SMILES string of the molecule is CCC(c1nc(CCCCCNc2ccccn2)co1)C(CC(=O)O)c1ccccc1. The number of carbonyl (C=O) groups is 1. The topological polar surface area (TPSA) is 88.3 Å². The second kappa shape index (κ2) is 11.9. The summed E-state index contributed by atoms with van der Waals surface area (Å²) in [6, 6.07) is 15.6. The van der Waals surface area contributed by atoms with Gasteiger partial charge in [0.2, 0.25) is 0 Å². The molecule has 2 aromatic heterocycles. The van der Waals surface area contributed by atoms with Gasteiger partial charge in [-0.2, -0.15) is 0 Å². The molecule has 6 heteroatoms. The van der Waals surface area contributed by atoms with Crippen LogP contribution in [-0.4, -0.2) is 27.6 Å². The molecular weight excluding hydrogens is 390 g/mol. The Morgan fingerprint density at radius 3 is 2.58 bits per heavy atom. The number of unbranched alkanes of at least 4 members (excludes halogenated alkanes) is 2. The van der Waals surface area contributed by atoms with Gasteiger partial charge in [0.25, 0.3) is 0 Å². The molecule has 0 saturated carbocycles. The van der Waals surface area contributed by atoms with Gasteiger partial charge >= 0.3 is 5.97 Å². The average Bonchev–Trinajstić information content (AvgIpc) is 3.25. The summed E-state index contributed by atoms with van der Waals surface area (Å²) in [4.78, 5) is 20.5. The number of nitrogens with zero attached hydrogens (tertiary/aromatic N) is 2. The molecule has 0 saturated heterocycles. The number of aromatic nitrogens is 2. The first-order valence-electron chi connectivity index (χ1n) is 11.0. The third-order valence-electron chi connectivity index (χ3n) is 5.52. The summed E-state index contributed by atoms with van der Waals surface area (Å²) in [5.41, 5.74) is 1.95. The fourth-order valence-electron chi connectivity index (χ4n) is 3.91. The molecule has 1 aromatic carbocycles. The number of anilines is 1. The van der Waals surface area contributed by atoms with Crippen LogP contribution in [0.25, 0.3) is 0 Å². The first-order valence-corrected chi connectivity index (χ1v) is 11.0. The molecule has 3 rings (SSSR count). The van der Waals surface area contributed by atoms with Crippen LogP contribution >= 0.6 is 0 Å². The lowest BCUT2D eigenvalue weighted by atomic mass is 9.82. The maximum Gasteiger partial charge on any atom is 0.303 e. The van der Waals surface area contributed by atoms with Gasteiger partial charge in [0.15, 0.2) is 5.89 Å². The third-order valence-corrected chi connectivity index (χ3v) is 5.52. The Kier molecular flexibility index (Phi) is 8.64. The van der Waals surface area contributed by atoms with Crippen molar-refractivity contribution in [2.75, 3.05) is 11.9 Å². The Hall–Kier alpha value is -3.15. The predicted molar refractivity (Wildman–Crippen MR) is 121 cm³/mol. The summed E-state index contributed by atoms with van der Waals surface area (Å²) in [7, 11) is 0. The van der Waals surface area contributed by atoms with E-state index < -0.39 is 5.97 Å². The maximum absolute atomic E-state index is 11.5. The first-order chi connectivity index (χ1) is 15.2. The number of hydrogen-bond donors (Lipinski definition) is 2.